The van der Waals surface area contributed by atoms with E-state index >= 15 is 0 Å². The van der Waals surface area contributed by atoms with E-state index < -0.39 is 5.97 Å². The molecule has 0 unspecified atom stereocenters. The summed E-state index contributed by atoms with van der Waals surface area (Å²) in [5.41, 5.74) is 3.04. The number of hydrogen-bond donors (Lipinski definition) is 1. The Balaban J connectivity index is 1.96. The van der Waals surface area contributed by atoms with Crippen LogP contribution in [0.4, 0.5) is 0 Å². The predicted octanol–water partition coefficient (Wildman–Crippen LogP) is 5.14. The summed E-state index contributed by atoms with van der Waals surface area (Å²) >= 11 is 6.02. The van der Waals surface area contributed by atoms with Crippen LogP contribution >= 0.6 is 11.6 Å². The zero-order valence-electron chi connectivity index (χ0n) is 18.1. The number of aromatic nitrogens is 2. The highest BCUT2D eigenvalue weighted by Gasteiger charge is 2.18. The molecule has 0 aliphatic heterocycles. The molecule has 0 aliphatic rings. The molecule has 0 bridgehead atoms. The first-order valence-electron chi connectivity index (χ1n) is 10.2. The summed E-state index contributed by atoms with van der Waals surface area (Å²) in [6.45, 7) is 8.12. The predicted molar refractivity (Wildman–Crippen MR) is 122 cm³/mol. The van der Waals surface area contributed by atoms with Crippen LogP contribution in [-0.2, 0) is 4.74 Å². The number of nitrogens with one attached hydrogen (secondary N) is 1. The van der Waals surface area contributed by atoms with E-state index in [-0.39, 0.29) is 24.2 Å². The highest BCUT2D eigenvalue weighted by molar-refractivity contribution is 6.30. The number of rotatable bonds is 7. The van der Waals surface area contributed by atoms with Gasteiger partial charge in [0.25, 0.3) is 5.91 Å². The van der Waals surface area contributed by atoms with Crippen molar-refractivity contribution in [2.45, 2.75) is 33.7 Å². The van der Waals surface area contributed by atoms with Gasteiger partial charge in [-0.3, -0.25) is 4.79 Å². The van der Waals surface area contributed by atoms with Crippen molar-refractivity contribution in [1.29, 1.82) is 0 Å². The number of esters is 1. The van der Waals surface area contributed by atoms with Crippen molar-refractivity contribution < 1.29 is 14.3 Å². The number of nitrogens with zero attached hydrogens (tertiary/aromatic N) is 2. The second-order valence-electron chi connectivity index (χ2n) is 7.61. The topological polar surface area (TPSA) is 73.2 Å². The summed E-state index contributed by atoms with van der Waals surface area (Å²) < 4.78 is 6.77. The molecular weight excluding hydrogens is 414 g/mol. The van der Waals surface area contributed by atoms with E-state index in [0.29, 0.717) is 27.9 Å². The highest BCUT2D eigenvalue weighted by Crippen LogP contribution is 2.26. The number of carbonyl (C=O) groups is 2. The van der Waals surface area contributed by atoms with Crippen molar-refractivity contribution in [3.63, 3.8) is 0 Å². The minimum absolute atomic E-state index is 0.0712. The maximum atomic E-state index is 12.5. The van der Waals surface area contributed by atoms with Crippen LogP contribution in [-0.4, -0.2) is 34.3 Å². The van der Waals surface area contributed by atoms with Crippen molar-refractivity contribution >= 4 is 23.5 Å². The second-order valence-corrected chi connectivity index (χ2v) is 8.04. The van der Waals surface area contributed by atoms with Gasteiger partial charge in [-0.1, -0.05) is 37.6 Å². The van der Waals surface area contributed by atoms with Crippen LogP contribution < -0.4 is 5.32 Å². The third kappa shape index (κ3) is 5.33. The Morgan fingerprint density at radius 3 is 2.29 bits per heavy atom. The minimum Gasteiger partial charge on any atom is -0.461 e. The largest absolute Gasteiger partial charge is 0.461 e. The third-order valence-corrected chi connectivity index (χ3v) is 5.32. The monoisotopic (exact) mass is 439 g/mol. The molecule has 1 amide bonds. The molecule has 0 saturated heterocycles. The maximum Gasteiger partial charge on any atom is 0.358 e. The fraction of sp³-hybridized carbons (Fsp3) is 0.292. The lowest BCUT2D eigenvalue weighted by Crippen LogP contribution is -2.36. The van der Waals surface area contributed by atoms with Crippen molar-refractivity contribution in [2.75, 3.05) is 6.61 Å². The molecule has 1 aromatic heterocycles. The molecule has 6 nitrogen and oxygen atoms in total. The molecular formula is C24H26ClN3O3. The normalized spacial score (nSPS) is 11.9. The van der Waals surface area contributed by atoms with E-state index in [1.165, 1.54) is 0 Å². The lowest BCUT2D eigenvalue weighted by atomic mass is 10.1. The lowest BCUT2D eigenvalue weighted by molar-refractivity contribution is 0.0518. The van der Waals surface area contributed by atoms with Gasteiger partial charge in [0.05, 0.1) is 18.0 Å². The smallest absolute Gasteiger partial charge is 0.358 e. The van der Waals surface area contributed by atoms with E-state index in [2.05, 4.69) is 24.3 Å². The van der Waals surface area contributed by atoms with E-state index in [1.807, 2.05) is 19.1 Å². The minimum atomic E-state index is -0.491. The molecule has 7 heteroatoms. The average molecular weight is 440 g/mol. The van der Waals surface area contributed by atoms with Gasteiger partial charge >= 0.3 is 5.97 Å². The number of halogens is 1. The van der Waals surface area contributed by atoms with Crippen molar-refractivity contribution in [3.8, 4) is 16.9 Å². The lowest BCUT2D eigenvalue weighted by Gasteiger charge is -2.17. The first-order chi connectivity index (χ1) is 14.8. The maximum absolute atomic E-state index is 12.5. The van der Waals surface area contributed by atoms with Crippen LogP contribution in [0.1, 0.15) is 48.5 Å². The van der Waals surface area contributed by atoms with Crippen molar-refractivity contribution in [2.24, 2.45) is 5.92 Å². The molecule has 162 valence electrons. The van der Waals surface area contributed by atoms with Gasteiger partial charge in [0, 0.05) is 22.2 Å². The van der Waals surface area contributed by atoms with Gasteiger partial charge in [-0.15, -0.1) is 0 Å². The molecule has 3 aromatic rings. The van der Waals surface area contributed by atoms with Gasteiger partial charge in [-0.25, -0.2) is 9.48 Å². The van der Waals surface area contributed by atoms with Crippen LogP contribution in [0.3, 0.4) is 0 Å². The molecule has 1 heterocycles. The summed E-state index contributed by atoms with van der Waals surface area (Å²) in [5, 5.41) is 8.06. The molecule has 2 aromatic carbocycles. The van der Waals surface area contributed by atoms with Gasteiger partial charge in [0.1, 0.15) is 0 Å². The van der Waals surface area contributed by atoms with Crippen LogP contribution in [0.25, 0.3) is 16.9 Å². The van der Waals surface area contributed by atoms with E-state index in [1.54, 1.807) is 54.1 Å². The van der Waals surface area contributed by atoms with Gasteiger partial charge in [0.2, 0.25) is 0 Å². The number of benzene rings is 2. The summed E-state index contributed by atoms with van der Waals surface area (Å²) in [4.78, 5) is 24.7. The molecule has 3 rings (SSSR count). The first kappa shape index (κ1) is 22.6. The van der Waals surface area contributed by atoms with Crippen molar-refractivity contribution in [3.05, 3.63) is 70.9 Å². The van der Waals surface area contributed by atoms with Gasteiger partial charge in [-0.05, 0) is 62.2 Å². The van der Waals surface area contributed by atoms with Gasteiger partial charge in [-0.2, -0.15) is 5.10 Å². The highest BCUT2D eigenvalue weighted by atomic mass is 35.5. The first-order valence-corrected chi connectivity index (χ1v) is 10.6. The summed E-state index contributed by atoms with van der Waals surface area (Å²) in [6.07, 6.45) is 0. The number of amides is 1. The van der Waals surface area contributed by atoms with E-state index in [9.17, 15) is 9.59 Å². The molecule has 0 spiro atoms. The quantitative estimate of drug-likeness (QED) is 0.517. The molecule has 1 N–H and O–H groups in total. The zero-order valence-corrected chi connectivity index (χ0v) is 18.8. The van der Waals surface area contributed by atoms with Gasteiger partial charge in [0.15, 0.2) is 5.69 Å². The molecule has 0 saturated carbocycles. The molecule has 1 atom stereocenters. The number of carbonyl (C=O) groups excluding carboxylic acids is 2. The SMILES string of the molecule is CCOC(=O)c1cc(-c2ccc(Cl)cc2)n(-c2ccc(C(=O)N[C@@H](C)C(C)C)cc2)n1. The molecule has 0 aliphatic carbocycles. The molecule has 0 radical (unpaired) electrons. The summed E-state index contributed by atoms with van der Waals surface area (Å²) in [7, 11) is 0. The fourth-order valence-corrected chi connectivity index (χ4v) is 3.05. The Labute approximate surface area is 187 Å². The Morgan fingerprint density at radius 2 is 1.71 bits per heavy atom. The van der Waals surface area contributed by atoms with Crippen molar-refractivity contribution in [1.82, 2.24) is 15.1 Å². The Kier molecular flexibility index (Phi) is 7.13. The Morgan fingerprint density at radius 1 is 1.06 bits per heavy atom. The third-order valence-electron chi connectivity index (χ3n) is 5.07. The van der Waals surface area contributed by atoms with Crippen LogP contribution in [0, 0.1) is 5.92 Å². The molecule has 31 heavy (non-hydrogen) atoms. The average Bonchev–Trinajstić information content (AvgIpc) is 3.20. The number of hydrogen-bond acceptors (Lipinski definition) is 4. The van der Waals surface area contributed by atoms with E-state index in [0.717, 1.165) is 5.56 Å². The fourth-order valence-electron chi connectivity index (χ4n) is 2.92. The molecule has 0 fully saturated rings. The summed E-state index contributed by atoms with van der Waals surface area (Å²) in [5.74, 6) is -0.274. The Hall–Kier alpha value is -3.12. The number of ether oxygens (including phenoxy) is 1. The zero-order chi connectivity index (χ0) is 22.5. The van der Waals surface area contributed by atoms with Crippen LogP contribution in [0.5, 0.6) is 0 Å². The van der Waals surface area contributed by atoms with E-state index in [4.69, 9.17) is 16.3 Å². The summed E-state index contributed by atoms with van der Waals surface area (Å²) in [6, 6.07) is 16.1. The second kappa shape index (κ2) is 9.79. The van der Waals surface area contributed by atoms with Crippen LogP contribution in [0.2, 0.25) is 5.02 Å². The Bertz CT molecular complexity index is 1060. The van der Waals surface area contributed by atoms with Crippen LogP contribution in [0.15, 0.2) is 54.6 Å². The standard InChI is InChI=1S/C24H26ClN3O3/c1-5-31-24(30)21-14-22(17-6-10-19(25)11-7-17)28(27-21)20-12-8-18(9-13-20)23(29)26-16(4)15(2)3/h6-16H,5H2,1-4H3,(H,26,29)/t16-/m0/s1. The van der Waals surface area contributed by atoms with Gasteiger partial charge < -0.3 is 10.1 Å².